The predicted molar refractivity (Wildman–Crippen MR) is 237 cm³/mol. The Kier molecular flexibility index (Phi) is 10.4. The SMILES string of the molecule is Cc1cc(N=Nc2cc(O)c(N=Nc3ccc4cc(-n5nc6ccc7c(S(=O)(=O)O)cc(S(=O)(=O)O)cc7c6n5)ccc4c3O)cc2CO)ccc1N=Nc1ccc2ccccc2c1. The highest BCUT2D eigenvalue weighted by Gasteiger charge is 2.23. The number of nitrogens with zero attached hydrogens (tertiary/aromatic N) is 9. The first-order valence-electron chi connectivity index (χ1n) is 19.0. The molecule has 9 rings (SSSR count). The number of hydrogen-bond acceptors (Lipinski definition) is 15. The molecule has 0 bridgehead atoms. The molecule has 0 saturated heterocycles. The Bertz CT molecular complexity index is 3720. The molecule has 20 heteroatoms. The van der Waals surface area contributed by atoms with E-state index in [2.05, 4.69) is 40.9 Å². The molecule has 0 aliphatic carbocycles. The van der Waals surface area contributed by atoms with Crippen molar-refractivity contribution in [1.29, 1.82) is 0 Å². The summed E-state index contributed by atoms with van der Waals surface area (Å²) in [6, 6.07) is 34.2. The van der Waals surface area contributed by atoms with Crippen LogP contribution in [0.4, 0.5) is 34.1 Å². The van der Waals surface area contributed by atoms with Crippen LogP contribution in [0.2, 0.25) is 0 Å². The highest BCUT2D eigenvalue weighted by atomic mass is 32.2. The van der Waals surface area contributed by atoms with Gasteiger partial charge in [0, 0.05) is 27.8 Å². The fraction of sp³-hybridized carbons (Fsp3) is 0.0455. The molecular formula is C44H31N9O9S2. The molecule has 64 heavy (non-hydrogen) atoms. The third-order valence-corrected chi connectivity index (χ3v) is 12.0. The summed E-state index contributed by atoms with van der Waals surface area (Å²) in [5.41, 5.74) is 3.94. The molecule has 0 saturated carbocycles. The van der Waals surface area contributed by atoms with E-state index in [1.165, 1.54) is 35.1 Å². The predicted octanol–water partition coefficient (Wildman–Crippen LogP) is 10.8. The second kappa shape index (κ2) is 16.1. The van der Waals surface area contributed by atoms with E-state index in [9.17, 15) is 41.3 Å². The lowest BCUT2D eigenvalue weighted by atomic mass is 10.1. The number of aromatic hydroxyl groups is 2. The number of aryl methyl sites for hydroxylation is 1. The average molecular weight is 894 g/mol. The summed E-state index contributed by atoms with van der Waals surface area (Å²) in [6.45, 7) is 1.41. The normalized spacial score (nSPS) is 12.6. The summed E-state index contributed by atoms with van der Waals surface area (Å²) in [7, 11) is -9.79. The maximum Gasteiger partial charge on any atom is 0.295 e. The van der Waals surface area contributed by atoms with Gasteiger partial charge in [0.1, 0.15) is 33.1 Å². The van der Waals surface area contributed by atoms with Gasteiger partial charge in [-0.2, -0.15) is 42.1 Å². The van der Waals surface area contributed by atoms with Crippen LogP contribution in [0.1, 0.15) is 11.1 Å². The zero-order chi connectivity index (χ0) is 44.9. The van der Waals surface area contributed by atoms with Crippen LogP contribution in [0, 0.1) is 6.92 Å². The van der Waals surface area contributed by atoms with E-state index in [0.29, 0.717) is 39.5 Å². The Morgan fingerprint density at radius 2 is 1.23 bits per heavy atom. The Morgan fingerprint density at radius 1 is 0.562 bits per heavy atom. The molecule has 0 unspecified atom stereocenters. The van der Waals surface area contributed by atoms with Crippen LogP contribution in [0.5, 0.6) is 11.5 Å². The number of hydrogen-bond donors (Lipinski definition) is 5. The number of phenolic OH excluding ortho intramolecular Hbond substituents is 2. The van der Waals surface area contributed by atoms with Gasteiger partial charge >= 0.3 is 0 Å². The molecule has 0 spiro atoms. The summed E-state index contributed by atoms with van der Waals surface area (Å²) in [4.78, 5) is -0.290. The van der Waals surface area contributed by atoms with E-state index in [0.717, 1.165) is 28.1 Å². The van der Waals surface area contributed by atoms with E-state index in [1.807, 2.05) is 49.4 Å². The second-order valence-electron chi connectivity index (χ2n) is 14.5. The average Bonchev–Trinajstić information content (AvgIpc) is 3.72. The number of benzene rings is 8. The summed E-state index contributed by atoms with van der Waals surface area (Å²) < 4.78 is 67.7. The molecule has 1 heterocycles. The van der Waals surface area contributed by atoms with E-state index in [1.54, 1.807) is 42.5 Å². The number of fused-ring (bicyclic) bond motifs is 5. The molecule has 8 aromatic carbocycles. The van der Waals surface area contributed by atoms with Crippen LogP contribution in [0.25, 0.3) is 49.0 Å². The van der Waals surface area contributed by atoms with Gasteiger partial charge in [0.05, 0.1) is 39.9 Å². The van der Waals surface area contributed by atoms with Crippen LogP contribution >= 0.6 is 0 Å². The molecule has 18 nitrogen and oxygen atoms in total. The Morgan fingerprint density at radius 3 is 1.98 bits per heavy atom. The lowest BCUT2D eigenvalue weighted by Gasteiger charge is -2.07. The van der Waals surface area contributed by atoms with Gasteiger partial charge in [-0.05, 0) is 108 Å². The Labute approximate surface area is 362 Å². The van der Waals surface area contributed by atoms with Crippen molar-refractivity contribution < 1.29 is 41.3 Å². The number of phenols is 2. The number of azo groups is 3. The summed E-state index contributed by atoms with van der Waals surface area (Å²) >= 11 is 0. The van der Waals surface area contributed by atoms with Crippen LogP contribution in [0.15, 0.2) is 168 Å². The van der Waals surface area contributed by atoms with Crippen molar-refractivity contribution >= 4 is 97.7 Å². The van der Waals surface area contributed by atoms with Gasteiger partial charge in [-0.3, -0.25) is 9.11 Å². The molecule has 5 N–H and O–H groups in total. The van der Waals surface area contributed by atoms with Gasteiger partial charge in [-0.15, -0.1) is 20.4 Å². The van der Waals surface area contributed by atoms with Gasteiger partial charge < -0.3 is 15.3 Å². The molecule has 0 aliphatic rings. The molecular weight excluding hydrogens is 863 g/mol. The minimum absolute atomic E-state index is 0.00779. The van der Waals surface area contributed by atoms with E-state index in [4.69, 9.17) is 0 Å². The molecule has 0 amide bonds. The molecule has 0 atom stereocenters. The van der Waals surface area contributed by atoms with Gasteiger partial charge in [-0.1, -0.05) is 42.5 Å². The first-order valence-corrected chi connectivity index (χ1v) is 21.9. The maximum absolute atomic E-state index is 12.1. The molecule has 9 aromatic rings. The van der Waals surface area contributed by atoms with E-state index < -0.39 is 36.6 Å². The first kappa shape index (κ1) is 41.5. The molecule has 0 aliphatic heterocycles. The van der Waals surface area contributed by atoms with Crippen molar-refractivity contribution in [3.63, 3.8) is 0 Å². The lowest BCUT2D eigenvalue weighted by molar-refractivity contribution is 0.282. The smallest absolute Gasteiger partial charge is 0.295 e. The molecule has 1 aromatic heterocycles. The van der Waals surface area contributed by atoms with E-state index in [-0.39, 0.29) is 50.4 Å². The second-order valence-corrected chi connectivity index (χ2v) is 17.3. The highest BCUT2D eigenvalue weighted by molar-refractivity contribution is 7.86. The maximum atomic E-state index is 12.1. The quantitative estimate of drug-likeness (QED) is 0.0636. The third-order valence-electron chi connectivity index (χ3n) is 10.3. The van der Waals surface area contributed by atoms with Crippen molar-refractivity contribution in [1.82, 2.24) is 15.0 Å². The van der Waals surface area contributed by atoms with Crippen molar-refractivity contribution in [2.75, 3.05) is 0 Å². The third kappa shape index (κ3) is 8.12. The zero-order valence-corrected chi connectivity index (χ0v) is 34.7. The van der Waals surface area contributed by atoms with Crippen LogP contribution in [0.3, 0.4) is 0 Å². The van der Waals surface area contributed by atoms with Gasteiger partial charge in [0.2, 0.25) is 0 Å². The summed E-state index contributed by atoms with van der Waals surface area (Å²) in [6.07, 6.45) is 0. The van der Waals surface area contributed by atoms with Crippen LogP contribution in [-0.4, -0.2) is 56.3 Å². The fourth-order valence-electron chi connectivity index (χ4n) is 7.02. The van der Waals surface area contributed by atoms with Crippen LogP contribution in [-0.2, 0) is 26.8 Å². The minimum atomic E-state index is -4.91. The number of aliphatic hydroxyl groups excluding tert-OH is 1. The monoisotopic (exact) mass is 893 g/mol. The summed E-state index contributed by atoms with van der Waals surface area (Å²) in [5, 5.41) is 69.7. The fourth-order valence-corrected chi connectivity index (χ4v) is 8.36. The Balaban J connectivity index is 0.941. The lowest BCUT2D eigenvalue weighted by Crippen LogP contribution is -2.04. The number of rotatable bonds is 10. The van der Waals surface area contributed by atoms with Gasteiger partial charge in [0.15, 0.2) is 5.75 Å². The van der Waals surface area contributed by atoms with Crippen molar-refractivity contribution in [2.24, 2.45) is 30.7 Å². The molecule has 0 fully saturated rings. The highest BCUT2D eigenvalue weighted by Crippen LogP contribution is 2.40. The largest absolute Gasteiger partial charge is 0.506 e. The zero-order valence-electron chi connectivity index (χ0n) is 33.0. The summed E-state index contributed by atoms with van der Waals surface area (Å²) in [5.74, 6) is -0.549. The van der Waals surface area contributed by atoms with E-state index >= 15 is 0 Å². The van der Waals surface area contributed by atoms with Crippen molar-refractivity contribution in [3.8, 4) is 17.2 Å². The molecule has 0 radical (unpaired) electrons. The van der Waals surface area contributed by atoms with Gasteiger partial charge in [-0.25, -0.2) is 0 Å². The van der Waals surface area contributed by atoms with Crippen LogP contribution < -0.4 is 0 Å². The van der Waals surface area contributed by atoms with Crippen molar-refractivity contribution in [2.45, 2.75) is 23.3 Å². The standard InChI is InChI=1S/C44H31N9O9S2/c1-24-16-29(9-14-36(24)47-46-30-8-6-25-4-2-3-5-26(25)17-30)45-49-39-22-41(55)40(19-28(39)23-54)50-48-38-13-7-27-18-31(10-11-33(27)44(38)56)53-51-37-15-12-34-35(43(37)52-53)20-32(63(57,58)59)21-42(34)64(60,61)62/h2-22,54-56H,23H2,1H3,(H,57,58,59)(H,60,61,62). The minimum Gasteiger partial charge on any atom is -0.506 e. The molecule has 318 valence electrons. The number of aliphatic hydroxyl groups is 1. The Hall–Kier alpha value is -7.88. The topological polar surface area (TPSA) is 274 Å². The number of aromatic nitrogens is 3. The van der Waals surface area contributed by atoms with Gasteiger partial charge in [0.25, 0.3) is 20.2 Å². The first-order chi connectivity index (χ1) is 30.6. The van der Waals surface area contributed by atoms with Crippen molar-refractivity contribution in [3.05, 3.63) is 139 Å².